The Morgan fingerprint density at radius 2 is 2.25 bits per heavy atom. The molecule has 20 heavy (non-hydrogen) atoms. The molecule has 0 bridgehead atoms. The van der Waals surface area contributed by atoms with Gasteiger partial charge in [-0.2, -0.15) is 5.10 Å². The van der Waals surface area contributed by atoms with Gasteiger partial charge in [0.25, 0.3) is 0 Å². The molecule has 0 spiro atoms. The third-order valence-electron chi connectivity index (χ3n) is 2.86. The van der Waals surface area contributed by atoms with Gasteiger partial charge < -0.3 is 4.74 Å². The van der Waals surface area contributed by atoms with E-state index in [9.17, 15) is 9.18 Å². The van der Waals surface area contributed by atoms with Crippen LogP contribution in [0.25, 0.3) is 0 Å². The summed E-state index contributed by atoms with van der Waals surface area (Å²) in [6, 6.07) is 3.96. The first-order chi connectivity index (χ1) is 9.58. The highest BCUT2D eigenvalue weighted by Crippen LogP contribution is 2.23. The molecule has 0 N–H and O–H groups in total. The van der Waals surface area contributed by atoms with Crippen LogP contribution in [0, 0.1) is 5.82 Å². The van der Waals surface area contributed by atoms with E-state index in [0.29, 0.717) is 18.0 Å². The number of hydrogen-bond donors (Lipinski definition) is 0. The molecule has 0 aliphatic rings. The van der Waals surface area contributed by atoms with Gasteiger partial charge in [-0.25, -0.2) is 4.39 Å². The molecule has 1 aromatic heterocycles. The Morgan fingerprint density at radius 3 is 2.85 bits per heavy atom. The summed E-state index contributed by atoms with van der Waals surface area (Å²) >= 11 is 5.62. The molecule has 0 aliphatic carbocycles. The van der Waals surface area contributed by atoms with Crippen molar-refractivity contribution in [2.24, 2.45) is 0 Å². The summed E-state index contributed by atoms with van der Waals surface area (Å²) in [6.45, 7) is 2.56. The Hall–Kier alpha value is -1.88. The molecule has 0 radical (unpaired) electrons. The van der Waals surface area contributed by atoms with Crippen LogP contribution in [-0.2, 0) is 6.54 Å². The zero-order valence-corrected chi connectivity index (χ0v) is 11.9. The minimum atomic E-state index is -0.627. The summed E-state index contributed by atoms with van der Waals surface area (Å²) in [7, 11) is 1.46. The topological polar surface area (TPSA) is 44.1 Å². The van der Waals surface area contributed by atoms with Crippen molar-refractivity contribution >= 4 is 17.4 Å². The second-order valence-electron chi connectivity index (χ2n) is 4.24. The van der Waals surface area contributed by atoms with Gasteiger partial charge in [-0.3, -0.25) is 9.48 Å². The molecule has 0 amide bonds. The zero-order valence-electron chi connectivity index (χ0n) is 11.2. The third-order valence-corrected chi connectivity index (χ3v) is 3.16. The normalized spacial score (nSPS) is 10.6. The largest absolute Gasteiger partial charge is 0.493 e. The van der Waals surface area contributed by atoms with Crippen molar-refractivity contribution in [3.8, 4) is 5.75 Å². The van der Waals surface area contributed by atoms with Crippen molar-refractivity contribution < 1.29 is 13.9 Å². The van der Waals surface area contributed by atoms with Gasteiger partial charge in [-0.1, -0.05) is 18.5 Å². The fraction of sp³-hybridized carbons (Fsp3) is 0.286. The molecule has 0 fully saturated rings. The average molecular weight is 297 g/mol. The van der Waals surface area contributed by atoms with Gasteiger partial charge in [0.15, 0.2) is 11.4 Å². The summed E-state index contributed by atoms with van der Waals surface area (Å²) in [6.07, 6.45) is 2.30. The number of benzene rings is 1. The average Bonchev–Trinajstić information content (AvgIpc) is 2.84. The summed E-state index contributed by atoms with van der Waals surface area (Å²) in [5, 5.41) is 4.10. The molecular formula is C14H14ClFN2O2. The van der Waals surface area contributed by atoms with Gasteiger partial charge in [0.1, 0.15) is 5.82 Å². The molecule has 6 heteroatoms. The maximum atomic E-state index is 13.5. The molecular weight excluding hydrogens is 283 g/mol. The number of ether oxygens (including phenoxy) is 1. The maximum Gasteiger partial charge on any atom is 0.214 e. The highest BCUT2D eigenvalue weighted by Gasteiger charge is 2.21. The lowest BCUT2D eigenvalue weighted by atomic mass is 10.1. The fourth-order valence-electron chi connectivity index (χ4n) is 1.90. The number of rotatable bonds is 5. The quantitative estimate of drug-likeness (QED) is 0.795. The van der Waals surface area contributed by atoms with E-state index >= 15 is 0 Å². The molecule has 1 heterocycles. The number of ketones is 1. The Labute approximate surface area is 121 Å². The summed E-state index contributed by atoms with van der Waals surface area (Å²) < 4.78 is 20.2. The first-order valence-corrected chi connectivity index (χ1v) is 6.55. The lowest BCUT2D eigenvalue weighted by Crippen LogP contribution is -2.12. The predicted molar refractivity (Wildman–Crippen MR) is 73.9 cm³/mol. The van der Waals surface area contributed by atoms with Crippen LogP contribution >= 0.6 is 11.6 Å². The Balaban J connectivity index is 2.46. The molecule has 0 atom stereocenters. The Bertz CT molecular complexity index is 640. The summed E-state index contributed by atoms with van der Waals surface area (Å²) in [5.41, 5.74) is 0.527. The Morgan fingerprint density at radius 1 is 1.50 bits per heavy atom. The van der Waals surface area contributed by atoms with E-state index in [1.54, 1.807) is 4.68 Å². The van der Waals surface area contributed by atoms with Crippen molar-refractivity contribution in [3.05, 3.63) is 46.5 Å². The number of halogens is 2. The third kappa shape index (κ3) is 2.67. The summed E-state index contributed by atoms with van der Waals surface area (Å²) in [4.78, 5) is 12.5. The predicted octanol–water partition coefficient (Wildman–Crippen LogP) is 3.33. The first-order valence-electron chi connectivity index (χ1n) is 6.18. The van der Waals surface area contributed by atoms with Gasteiger partial charge in [0, 0.05) is 12.1 Å². The minimum Gasteiger partial charge on any atom is -0.493 e. The molecule has 4 nitrogen and oxygen atoms in total. The van der Waals surface area contributed by atoms with Gasteiger partial charge in [-0.15, -0.1) is 0 Å². The molecule has 106 valence electrons. The van der Waals surface area contributed by atoms with Crippen molar-refractivity contribution in [2.75, 3.05) is 7.11 Å². The van der Waals surface area contributed by atoms with Crippen LogP contribution in [0.15, 0.2) is 24.4 Å². The van der Waals surface area contributed by atoms with Crippen LogP contribution in [-0.4, -0.2) is 22.7 Å². The SMILES string of the molecule is CCCn1ncc(OC)c1C(=O)c1ccc(Cl)c(F)c1. The van der Waals surface area contributed by atoms with Crippen molar-refractivity contribution in [2.45, 2.75) is 19.9 Å². The van der Waals surface area contributed by atoms with E-state index in [1.165, 1.54) is 25.4 Å². The molecule has 0 saturated carbocycles. The standard InChI is InChI=1S/C14H14ClFN2O2/c1-3-6-18-13(12(20-2)8-17-18)14(19)9-4-5-10(15)11(16)7-9/h4-5,7-8H,3,6H2,1-2H3. The number of hydrogen-bond acceptors (Lipinski definition) is 3. The van der Waals surface area contributed by atoms with E-state index in [1.807, 2.05) is 6.92 Å². The van der Waals surface area contributed by atoms with Crippen LogP contribution in [0.5, 0.6) is 5.75 Å². The molecule has 2 aromatic rings. The Kier molecular flexibility index (Phi) is 4.39. The van der Waals surface area contributed by atoms with Crippen LogP contribution in [0.1, 0.15) is 29.4 Å². The van der Waals surface area contributed by atoms with E-state index in [2.05, 4.69) is 5.10 Å². The first kappa shape index (κ1) is 14.5. The number of nitrogens with zero attached hydrogens (tertiary/aromatic N) is 2. The van der Waals surface area contributed by atoms with E-state index in [4.69, 9.17) is 16.3 Å². The van der Waals surface area contributed by atoms with E-state index in [-0.39, 0.29) is 16.4 Å². The fourth-order valence-corrected chi connectivity index (χ4v) is 2.02. The summed E-state index contributed by atoms with van der Waals surface area (Å²) in [5.74, 6) is -0.597. The maximum absolute atomic E-state index is 13.5. The molecule has 0 unspecified atom stereocenters. The van der Waals surface area contributed by atoms with Gasteiger partial charge in [-0.05, 0) is 24.6 Å². The number of methoxy groups -OCH3 is 1. The molecule has 1 aromatic carbocycles. The van der Waals surface area contributed by atoms with E-state index in [0.717, 1.165) is 12.5 Å². The van der Waals surface area contributed by atoms with Crippen molar-refractivity contribution in [1.82, 2.24) is 9.78 Å². The highest BCUT2D eigenvalue weighted by atomic mass is 35.5. The number of aryl methyl sites for hydroxylation is 1. The molecule has 0 aliphatic heterocycles. The molecule has 2 rings (SSSR count). The van der Waals surface area contributed by atoms with Crippen LogP contribution < -0.4 is 4.74 Å². The number of carbonyl (C=O) groups is 1. The lowest BCUT2D eigenvalue weighted by Gasteiger charge is -2.08. The van der Waals surface area contributed by atoms with E-state index < -0.39 is 5.82 Å². The highest BCUT2D eigenvalue weighted by molar-refractivity contribution is 6.30. The second kappa shape index (κ2) is 6.05. The van der Waals surface area contributed by atoms with Crippen LogP contribution in [0.3, 0.4) is 0 Å². The van der Waals surface area contributed by atoms with Crippen LogP contribution in [0.2, 0.25) is 5.02 Å². The lowest BCUT2D eigenvalue weighted by molar-refractivity contribution is 0.102. The van der Waals surface area contributed by atoms with Crippen molar-refractivity contribution in [1.29, 1.82) is 0 Å². The van der Waals surface area contributed by atoms with Gasteiger partial charge >= 0.3 is 0 Å². The van der Waals surface area contributed by atoms with Gasteiger partial charge in [0.05, 0.1) is 18.3 Å². The van der Waals surface area contributed by atoms with Crippen LogP contribution in [0.4, 0.5) is 4.39 Å². The smallest absolute Gasteiger partial charge is 0.214 e. The van der Waals surface area contributed by atoms with Crippen molar-refractivity contribution in [3.63, 3.8) is 0 Å². The number of carbonyl (C=O) groups excluding carboxylic acids is 1. The number of aromatic nitrogens is 2. The monoisotopic (exact) mass is 296 g/mol. The molecule has 0 saturated heterocycles. The van der Waals surface area contributed by atoms with Gasteiger partial charge in [0.2, 0.25) is 5.78 Å². The second-order valence-corrected chi connectivity index (χ2v) is 4.65. The minimum absolute atomic E-state index is 0.0180. The zero-order chi connectivity index (χ0) is 14.7.